The van der Waals surface area contributed by atoms with Crippen LogP contribution in [0.3, 0.4) is 0 Å². The van der Waals surface area contributed by atoms with Crippen LogP contribution in [-0.2, 0) is 9.59 Å². The van der Waals surface area contributed by atoms with Crippen LogP contribution in [0, 0.1) is 5.92 Å². The van der Waals surface area contributed by atoms with Gasteiger partial charge in [0.1, 0.15) is 5.70 Å². The molecule has 0 aromatic carbocycles. The van der Waals surface area contributed by atoms with Gasteiger partial charge in [0.25, 0.3) is 0 Å². The first-order valence-electron chi connectivity index (χ1n) is 4.33. The highest BCUT2D eigenvalue weighted by atomic mass is 16.4. The Morgan fingerprint density at radius 2 is 2.15 bits per heavy atom. The fourth-order valence-corrected chi connectivity index (χ4v) is 1.03. The van der Waals surface area contributed by atoms with Crippen molar-refractivity contribution >= 4 is 11.9 Å². The number of amides is 1. The van der Waals surface area contributed by atoms with Crippen LogP contribution in [0.25, 0.3) is 0 Å². The van der Waals surface area contributed by atoms with Gasteiger partial charge in [-0.15, -0.1) is 0 Å². The van der Waals surface area contributed by atoms with Crippen LogP contribution in [0.15, 0.2) is 11.8 Å². The fourth-order valence-electron chi connectivity index (χ4n) is 1.03. The van der Waals surface area contributed by atoms with Crippen LogP contribution in [-0.4, -0.2) is 17.0 Å². The van der Waals surface area contributed by atoms with Crippen LogP contribution in [0.1, 0.15) is 26.2 Å². The number of carbonyl (C=O) groups is 2. The molecule has 0 spiro atoms. The smallest absolute Gasteiger partial charge is 0.352 e. The number of carbonyl (C=O) groups excluding carboxylic acids is 1. The minimum absolute atomic E-state index is 0.0364. The average Bonchev–Trinajstić information content (AvgIpc) is 2.83. The maximum Gasteiger partial charge on any atom is 0.352 e. The lowest BCUT2D eigenvalue weighted by Crippen LogP contribution is -2.27. The second-order valence-electron chi connectivity index (χ2n) is 3.20. The molecule has 1 fully saturated rings. The molecule has 0 saturated heterocycles. The summed E-state index contributed by atoms with van der Waals surface area (Å²) in [4.78, 5) is 21.6. The Labute approximate surface area is 76.6 Å². The van der Waals surface area contributed by atoms with E-state index < -0.39 is 5.97 Å². The highest BCUT2D eigenvalue weighted by Crippen LogP contribution is 2.32. The van der Waals surface area contributed by atoms with E-state index in [0.717, 1.165) is 12.8 Å². The van der Waals surface area contributed by atoms with Gasteiger partial charge in [0.15, 0.2) is 0 Å². The zero-order chi connectivity index (χ0) is 9.84. The Kier molecular flexibility index (Phi) is 3.06. The summed E-state index contributed by atoms with van der Waals surface area (Å²) in [5.41, 5.74) is -0.0364. The highest BCUT2D eigenvalue weighted by molar-refractivity contribution is 5.92. The molecule has 0 atom stereocenters. The molecule has 1 aliphatic rings. The van der Waals surface area contributed by atoms with Crippen LogP contribution >= 0.6 is 0 Å². The van der Waals surface area contributed by atoms with E-state index in [0.29, 0.717) is 12.3 Å². The van der Waals surface area contributed by atoms with Gasteiger partial charge >= 0.3 is 5.97 Å². The molecule has 1 aliphatic carbocycles. The Bertz CT molecular complexity index is 254. The van der Waals surface area contributed by atoms with Crippen molar-refractivity contribution in [3.8, 4) is 0 Å². The summed E-state index contributed by atoms with van der Waals surface area (Å²) in [6.07, 6.45) is 4.01. The van der Waals surface area contributed by atoms with Crippen molar-refractivity contribution in [1.29, 1.82) is 0 Å². The first-order valence-corrected chi connectivity index (χ1v) is 4.33. The Hall–Kier alpha value is -1.32. The summed E-state index contributed by atoms with van der Waals surface area (Å²) in [7, 11) is 0. The van der Waals surface area contributed by atoms with Crippen molar-refractivity contribution in [2.45, 2.75) is 26.2 Å². The normalized spacial score (nSPS) is 16.8. The minimum atomic E-state index is -1.09. The second-order valence-corrected chi connectivity index (χ2v) is 3.20. The van der Waals surface area contributed by atoms with E-state index in [1.807, 2.05) is 0 Å². The molecule has 1 amide bonds. The molecule has 0 bridgehead atoms. The first-order chi connectivity index (χ1) is 6.13. The third-order valence-corrected chi connectivity index (χ3v) is 1.96. The molecular formula is C9H13NO3. The topological polar surface area (TPSA) is 66.4 Å². The summed E-state index contributed by atoms with van der Waals surface area (Å²) >= 11 is 0. The van der Waals surface area contributed by atoms with E-state index in [9.17, 15) is 9.59 Å². The molecule has 0 aromatic heterocycles. The molecule has 4 heteroatoms. The molecule has 0 aliphatic heterocycles. The molecule has 1 saturated carbocycles. The lowest BCUT2D eigenvalue weighted by atomic mass is 10.2. The summed E-state index contributed by atoms with van der Waals surface area (Å²) in [5, 5.41) is 10.9. The summed E-state index contributed by atoms with van der Waals surface area (Å²) in [6.45, 7) is 1.58. The molecule has 0 unspecified atom stereocenters. The maximum absolute atomic E-state index is 11.2. The third-order valence-electron chi connectivity index (χ3n) is 1.96. The van der Waals surface area contributed by atoms with E-state index in [1.54, 1.807) is 6.92 Å². The minimum Gasteiger partial charge on any atom is -0.477 e. The molecule has 13 heavy (non-hydrogen) atoms. The quantitative estimate of drug-likeness (QED) is 0.636. The Balaban J connectivity index is 2.36. The molecule has 1 rings (SSSR count). The van der Waals surface area contributed by atoms with Gasteiger partial charge in [-0.2, -0.15) is 0 Å². The standard InChI is InChI=1S/C9H13NO3/c1-2-7(9(12)13)10-8(11)5-6-3-4-6/h2,6H,3-5H2,1H3,(H,10,11)(H,12,13)/b7-2+. The lowest BCUT2D eigenvalue weighted by molar-refractivity contribution is -0.134. The number of carboxylic acid groups (broad SMARTS) is 1. The van der Waals surface area contributed by atoms with E-state index in [2.05, 4.69) is 5.32 Å². The largest absolute Gasteiger partial charge is 0.477 e. The van der Waals surface area contributed by atoms with Crippen molar-refractivity contribution in [3.05, 3.63) is 11.8 Å². The van der Waals surface area contributed by atoms with Crippen LogP contribution < -0.4 is 5.32 Å². The second kappa shape index (κ2) is 4.07. The number of allylic oxidation sites excluding steroid dienone is 1. The number of nitrogens with one attached hydrogen (secondary N) is 1. The number of rotatable bonds is 4. The molecule has 0 radical (unpaired) electrons. The summed E-state index contributed by atoms with van der Waals surface area (Å²) < 4.78 is 0. The molecule has 0 aromatic rings. The van der Waals surface area contributed by atoms with Gasteiger partial charge < -0.3 is 10.4 Å². The van der Waals surface area contributed by atoms with Gasteiger partial charge in [0.2, 0.25) is 5.91 Å². The highest BCUT2D eigenvalue weighted by Gasteiger charge is 2.25. The van der Waals surface area contributed by atoms with Gasteiger partial charge in [-0.3, -0.25) is 4.79 Å². The average molecular weight is 183 g/mol. The van der Waals surface area contributed by atoms with Gasteiger partial charge in [-0.1, -0.05) is 6.08 Å². The van der Waals surface area contributed by atoms with Crippen LogP contribution in [0.2, 0.25) is 0 Å². The number of hydrogen-bond donors (Lipinski definition) is 2. The SMILES string of the molecule is C/C=C(/NC(=O)CC1CC1)C(=O)O. The lowest BCUT2D eigenvalue weighted by Gasteiger charge is -2.03. The fraction of sp³-hybridized carbons (Fsp3) is 0.556. The third kappa shape index (κ3) is 3.27. The predicted octanol–water partition coefficient (Wildman–Crippen LogP) is 0.891. The van der Waals surface area contributed by atoms with Gasteiger partial charge in [0, 0.05) is 6.42 Å². The van der Waals surface area contributed by atoms with E-state index >= 15 is 0 Å². The molecular weight excluding hydrogens is 170 g/mol. The van der Waals surface area contributed by atoms with Gasteiger partial charge in [-0.25, -0.2) is 4.79 Å². The van der Waals surface area contributed by atoms with Gasteiger partial charge in [-0.05, 0) is 25.7 Å². The zero-order valence-corrected chi connectivity index (χ0v) is 7.54. The number of hydrogen-bond acceptors (Lipinski definition) is 2. The van der Waals surface area contributed by atoms with Crippen molar-refractivity contribution in [3.63, 3.8) is 0 Å². The van der Waals surface area contributed by atoms with Crippen molar-refractivity contribution in [1.82, 2.24) is 5.32 Å². The van der Waals surface area contributed by atoms with Crippen molar-refractivity contribution in [2.24, 2.45) is 5.92 Å². The van der Waals surface area contributed by atoms with E-state index in [1.165, 1.54) is 6.08 Å². The van der Waals surface area contributed by atoms with E-state index in [4.69, 9.17) is 5.11 Å². The Morgan fingerprint density at radius 3 is 2.54 bits per heavy atom. The summed E-state index contributed by atoms with van der Waals surface area (Å²) in [6, 6.07) is 0. The first kappa shape index (κ1) is 9.77. The molecule has 0 heterocycles. The predicted molar refractivity (Wildman–Crippen MR) is 46.9 cm³/mol. The van der Waals surface area contributed by atoms with Crippen LogP contribution in [0.4, 0.5) is 0 Å². The van der Waals surface area contributed by atoms with Crippen molar-refractivity contribution < 1.29 is 14.7 Å². The number of carboxylic acids is 1. The summed E-state index contributed by atoms with van der Waals surface area (Å²) in [5.74, 6) is -0.809. The van der Waals surface area contributed by atoms with Crippen LogP contribution in [0.5, 0.6) is 0 Å². The van der Waals surface area contributed by atoms with E-state index in [-0.39, 0.29) is 11.6 Å². The Morgan fingerprint density at radius 1 is 1.54 bits per heavy atom. The molecule has 72 valence electrons. The molecule has 2 N–H and O–H groups in total. The monoisotopic (exact) mass is 183 g/mol. The molecule has 4 nitrogen and oxygen atoms in total. The van der Waals surface area contributed by atoms with Crippen molar-refractivity contribution in [2.75, 3.05) is 0 Å². The number of aliphatic carboxylic acids is 1. The zero-order valence-electron chi connectivity index (χ0n) is 7.54. The van der Waals surface area contributed by atoms with Gasteiger partial charge in [0.05, 0.1) is 0 Å². The maximum atomic E-state index is 11.2.